The van der Waals surface area contributed by atoms with Gasteiger partial charge in [-0.15, -0.1) is 0 Å². The van der Waals surface area contributed by atoms with Crippen molar-refractivity contribution >= 4 is 10.0 Å². The van der Waals surface area contributed by atoms with Crippen molar-refractivity contribution in [2.45, 2.75) is 19.3 Å². The molecule has 6 heteroatoms. The number of hydrogen-bond acceptors (Lipinski definition) is 4. The number of rotatable bonds is 6. The molecule has 3 N–H and O–H groups in total. The highest BCUT2D eigenvalue weighted by molar-refractivity contribution is 7.89. The van der Waals surface area contributed by atoms with E-state index in [-0.39, 0.29) is 12.4 Å². The molecule has 0 spiro atoms. The Morgan fingerprint density at radius 1 is 1.47 bits per heavy atom. The van der Waals surface area contributed by atoms with Crippen LogP contribution < -0.4 is 5.73 Å². The third kappa shape index (κ3) is 3.71. The van der Waals surface area contributed by atoms with E-state index in [1.807, 2.05) is 0 Å². The van der Waals surface area contributed by atoms with E-state index in [1.54, 1.807) is 0 Å². The van der Waals surface area contributed by atoms with Crippen molar-refractivity contribution in [3.05, 3.63) is 0 Å². The number of aliphatic hydroxyl groups is 1. The van der Waals surface area contributed by atoms with Crippen molar-refractivity contribution < 1.29 is 13.5 Å². The molecule has 0 saturated carbocycles. The van der Waals surface area contributed by atoms with Gasteiger partial charge in [-0.3, -0.25) is 0 Å². The van der Waals surface area contributed by atoms with Crippen LogP contribution in [0.15, 0.2) is 0 Å². The zero-order valence-corrected chi connectivity index (χ0v) is 9.75. The minimum absolute atomic E-state index is 0.140. The quantitative estimate of drug-likeness (QED) is 0.643. The molecule has 0 aliphatic carbocycles. The minimum Gasteiger partial charge on any atom is -0.396 e. The van der Waals surface area contributed by atoms with Gasteiger partial charge in [0.1, 0.15) is 0 Å². The average molecular weight is 236 g/mol. The molecule has 1 rings (SSSR count). The molecule has 0 radical (unpaired) electrons. The molecule has 1 fully saturated rings. The third-order valence-electron chi connectivity index (χ3n) is 2.79. The van der Waals surface area contributed by atoms with Crippen LogP contribution in [0.5, 0.6) is 0 Å². The van der Waals surface area contributed by atoms with Gasteiger partial charge in [-0.1, -0.05) is 0 Å². The van der Waals surface area contributed by atoms with Gasteiger partial charge in [0.15, 0.2) is 0 Å². The van der Waals surface area contributed by atoms with Crippen molar-refractivity contribution in [3.8, 4) is 0 Å². The molecule has 0 aromatic rings. The molecular formula is C9H20N2O3S. The first-order valence-electron chi connectivity index (χ1n) is 5.39. The Hall–Kier alpha value is -0.170. The predicted octanol–water partition coefficient (Wildman–Crippen LogP) is -0.631. The van der Waals surface area contributed by atoms with Gasteiger partial charge in [-0.25, -0.2) is 12.7 Å². The lowest BCUT2D eigenvalue weighted by molar-refractivity contribution is 0.259. The normalized spacial score (nSPS) is 23.5. The van der Waals surface area contributed by atoms with Crippen LogP contribution >= 0.6 is 0 Å². The summed E-state index contributed by atoms with van der Waals surface area (Å²) >= 11 is 0. The van der Waals surface area contributed by atoms with Crippen molar-refractivity contribution in [2.24, 2.45) is 11.7 Å². The average Bonchev–Trinajstić information content (AvgIpc) is 2.65. The Morgan fingerprint density at radius 3 is 2.80 bits per heavy atom. The Morgan fingerprint density at radius 2 is 2.20 bits per heavy atom. The van der Waals surface area contributed by atoms with E-state index in [9.17, 15) is 8.42 Å². The van der Waals surface area contributed by atoms with E-state index in [1.165, 1.54) is 4.31 Å². The largest absolute Gasteiger partial charge is 0.396 e. The highest BCUT2D eigenvalue weighted by Gasteiger charge is 2.30. The second-order valence-electron chi connectivity index (χ2n) is 3.98. The molecule has 5 nitrogen and oxygen atoms in total. The van der Waals surface area contributed by atoms with Crippen molar-refractivity contribution in [1.29, 1.82) is 0 Å². The smallest absolute Gasteiger partial charge is 0.214 e. The molecule has 1 aliphatic rings. The van der Waals surface area contributed by atoms with E-state index in [4.69, 9.17) is 10.8 Å². The summed E-state index contributed by atoms with van der Waals surface area (Å²) in [4.78, 5) is 0. The number of hydrogen-bond donors (Lipinski definition) is 2. The maximum absolute atomic E-state index is 11.7. The van der Waals surface area contributed by atoms with Crippen LogP contribution in [-0.4, -0.2) is 49.8 Å². The number of nitrogens with zero attached hydrogens (tertiary/aromatic N) is 1. The van der Waals surface area contributed by atoms with Crippen LogP contribution in [-0.2, 0) is 10.0 Å². The standard InChI is InChI=1S/C9H20N2O3S/c10-4-1-7-15(13,14)11-5-2-9(8-11)3-6-12/h9,12H,1-8,10H2. The highest BCUT2D eigenvalue weighted by atomic mass is 32.2. The molecule has 1 aliphatic heterocycles. The fraction of sp³-hybridized carbons (Fsp3) is 1.00. The summed E-state index contributed by atoms with van der Waals surface area (Å²) in [5, 5.41) is 8.77. The first-order valence-corrected chi connectivity index (χ1v) is 7.00. The van der Waals surface area contributed by atoms with Crippen LogP contribution in [0.3, 0.4) is 0 Å². The molecule has 15 heavy (non-hydrogen) atoms. The number of sulfonamides is 1. The lowest BCUT2D eigenvalue weighted by Crippen LogP contribution is -2.31. The van der Waals surface area contributed by atoms with Gasteiger partial charge in [0.25, 0.3) is 0 Å². The first-order chi connectivity index (χ1) is 7.10. The van der Waals surface area contributed by atoms with E-state index in [0.29, 0.717) is 38.4 Å². The summed E-state index contributed by atoms with van der Waals surface area (Å²) in [7, 11) is -3.10. The summed E-state index contributed by atoms with van der Waals surface area (Å²) in [6.45, 7) is 1.71. The zero-order chi connectivity index (χ0) is 11.3. The minimum atomic E-state index is -3.10. The van der Waals surface area contributed by atoms with Crippen LogP contribution in [0, 0.1) is 5.92 Å². The fourth-order valence-corrected chi connectivity index (χ4v) is 3.47. The van der Waals surface area contributed by atoms with Gasteiger partial charge in [0, 0.05) is 19.7 Å². The van der Waals surface area contributed by atoms with Gasteiger partial charge in [0.2, 0.25) is 10.0 Å². The van der Waals surface area contributed by atoms with Gasteiger partial charge < -0.3 is 10.8 Å². The summed E-state index contributed by atoms with van der Waals surface area (Å²) in [6, 6.07) is 0. The fourth-order valence-electron chi connectivity index (χ4n) is 1.86. The summed E-state index contributed by atoms with van der Waals surface area (Å²) in [5.41, 5.74) is 5.29. The first kappa shape index (κ1) is 12.9. The summed E-state index contributed by atoms with van der Waals surface area (Å²) < 4.78 is 25.0. The second kappa shape index (κ2) is 5.79. The molecule has 1 unspecified atom stereocenters. The predicted molar refractivity (Wildman–Crippen MR) is 58.8 cm³/mol. The third-order valence-corrected chi connectivity index (χ3v) is 4.71. The summed E-state index contributed by atoms with van der Waals surface area (Å²) in [6.07, 6.45) is 2.08. The van der Waals surface area contributed by atoms with Gasteiger partial charge in [-0.2, -0.15) is 0 Å². The van der Waals surface area contributed by atoms with Gasteiger partial charge in [0.05, 0.1) is 5.75 Å². The molecule has 0 bridgehead atoms. The molecule has 0 amide bonds. The molecule has 0 aromatic carbocycles. The van der Waals surface area contributed by atoms with Crippen LogP contribution in [0.25, 0.3) is 0 Å². The molecule has 1 saturated heterocycles. The number of aliphatic hydroxyl groups excluding tert-OH is 1. The Balaban J connectivity index is 2.45. The van der Waals surface area contributed by atoms with E-state index in [2.05, 4.69) is 0 Å². The lowest BCUT2D eigenvalue weighted by atomic mass is 10.1. The van der Waals surface area contributed by atoms with Crippen LogP contribution in [0.4, 0.5) is 0 Å². The van der Waals surface area contributed by atoms with Crippen LogP contribution in [0.2, 0.25) is 0 Å². The molecule has 1 heterocycles. The van der Waals surface area contributed by atoms with E-state index < -0.39 is 10.0 Å². The monoisotopic (exact) mass is 236 g/mol. The summed E-state index contributed by atoms with van der Waals surface area (Å²) in [5.74, 6) is 0.470. The Labute approximate surface area is 91.3 Å². The molecule has 1 atom stereocenters. The molecule has 90 valence electrons. The Bertz CT molecular complexity index is 279. The highest BCUT2D eigenvalue weighted by Crippen LogP contribution is 2.22. The maximum atomic E-state index is 11.7. The SMILES string of the molecule is NCCCS(=O)(=O)N1CCC(CCO)C1. The Kier molecular flexibility index (Phi) is 4.98. The molecule has 0 aromatic heterocycles. The van der Waals surface area contributed by atoms with Crippen molar-refractivity contribution in [2.75, 3.05) is 32.0 Å². The van der Waals surface area contributed by atoms with Gasteiger partial charge >= 0.3 is 0 Å². The van der Waals surface area contributed by atoms with Crippen molar-refractivity contribution in [1.82, 2.24) is 4.31 Å². The lowest BCUT2D eigenvalue weighted by Gasteiger charge is -2.15. The number of nitrogens with two attached hydrogens (primary N) is 1. The maximum Gasteiger partial charge on any atom is 0.214 e. The van der Waals surface area contributed by atoms with E-state index in [0.717, 1.165) is 6.42 Å². The van der Waals surface area contributed by atoms with Crippen LogP contribution in [0.1, 0.15) is 19.3 Å². The van der Waals surface area contributed by atoms with Gasteiger partial charge in [-0.05, 0) is 31.7 Å². The second-order valence-corrected chi connectivity index (χ2v) is 6.07. The topological polar surface area (TPSA) is 83.6 Å². The van der Waals surface area contributed by atoms with Crippen molar-refractivity contribution in [3.63, 3.8) is 0 Å². The zero-order valence-electron chi connectivity index (χ0n) is 8.93. The molecular weight excluding hydrogens is 216 g/mol. The van der Waals surface area contributed by atoms with E-state index >= 15 is 0 Å².